The van der Waals surface area contributed by atoms with Crippen LogP contribution in [0.25, 0.3) is 0 Å². The monoisotopic (exact) mass is 337 g/mol. The number of nitrogens with zero attached hydrogens (tertiary/aromatic N) is 1. The Labute approximate surface area is 137 Å². The quantitative estimate of drug-likeness (QED) is 0.895. The van der Waals surface area contributed by atoms with E-state index < -0.39 is 28.0 Å². The lowest BCUT2D eigenvalue weighted by atomic mass is 9.89. The Bertz CT molecular complexity index is 728. The SMILES string of the molecule is CCc1ccc(S(=O)(=O)N2C3CCC2C(C(=O)O)C3)cc1CC. The number of aliphatic carboxylic acids is 1. The summed E-state index contributed by atoms with van der Waals surface area (Å²) in [4.78, 5) is 11.7. The topological polar surface area (TPSA) is 74.7 Å². The fourth-order valence-electron chi connectivity index (χ4n) is 4.14. The van der Waals surface area contributed by atoms with Gasteiger partial charge >= 0.3 is 5.97 Å². The van der Waals surface area contributed by atoms with Gasteiger partial charge in [-0.1, -0.05) is 19.9 Å². The number of hydrogen-bond acceptors (Lipinski definition) is 3. The molecule has 2 aliphatic heterocycles. The average molecular weight is 337 g/mol. The molecule has 2 bridgehead atoms. The minimum Gasteiger partial charge on any atom is -0.481 e. The lowest BCUT2D eigenvalue weighted by Crippen LogP contribution is -2.37. The van der Waals surface area contributed by atoms with Crippen molar-refractivity contribution in [2.24, 2.45) is 5.92 Å². The third-order valence-electron chi connectivity index (χ3n) is 5.31. The number of carboxylic acids is 1. The summed E-state index contributed by atoms with van der Waals surface area (Å²) in [5.41, 5.74) is 2.22. The predicted molar refractivity (Wildman–Crippen MR) is 86.8 cm³/mol. The Balaban J connectivity index is 1.98. The highest BCUT2D eigenvalue weighted by Gasteiger charge is 2.54. The van der Waals surface area contributed by atoms with E-state index in [-0.39, 0.29) is 6.04 Å². The van der Waals surface area contributed by atoms with Crippen LogP contribution in [-0.2, 0) is 27.7 Å². The Hall–Kier alpha value is -1.40. The van der Waals surface area contributed by atoms with Crippen LogP contribution in [0.1, 0.15) is 44.2 Å². The van der Waals surface area contributed by atoms with Gasteiger partial charge in [-0.25, -0.2) is 8.42 Å². The van der Waals surface area contributed by atoms with Crippen LogP contribution < -0.4 is 0 Å². The molecular formula is C17H23NO4S. The van der Waals surface area contributed by atoms with Crippen molar-refractivity contribution in [1.29, 1.82) is 0 Å². The zero-order chi connectivity index (χ0) is 16.8. The first-order valence-corrected chi connectivity index (χ1v) is 9.72. The molecule has 5 nitrogen and oxygen atoms in total. The van der Waals surface area contributed by atoms with Crippen LogP contribution in [0, 0.1) is 5.92 Å². The Morgan fingerprint density at radius 2 is 1.91 bits per heavy atom. The van der Waals surface area contributed by atoms with Gasteiger partial charge in [0, 0.05) is 12.1 Å². The van der Waals surface area contributed by atoms with Gasteiger partial charge in [-0.2, -0.15) is 4.31 Å². The van der Waals surface area contributed by atoms with Gasteiger partial charge in [0.05, 0.1) is 10.8 Å². The van der Waals surface area contributed by atoms with E-state index in [1.54, 1.807) is 12.1 Å². The van der Waals surface area contributed by atoms with Gasteiger partial charge in [0.25, 0.3) is 0 Å². The van der Waals surface area contributed by atoms with Crippen LogP contribution in [-0.4, -0.2) is 35.9 Å². The van der Waals surface area contributed by atoms with Crippen molar-refractivity contribution >= 4 is 16.0 Å². The van der Waals surface area contributed by atoms with Crippen molar-refractivity contribution in [3.05, 3.63) is 29.3 Å². The second kappa shape index (κ2) is 5.91. The van der Waals surface area contributed by atoms with Crippen molar-refractivity contribution in [3.63, 3.8) is 0 Å². The number of carbonyl (C=O) groups is 1. The molecule has 0 aromatic heterocycles. The molecule has 2 aliphatic rings. The van der Waals surface area contributed by atoms with Crippen molar-refractivity contribution < 1.29 is 18.3 Å². The van der Waals surface area contributed by atoms with Crippen molar-refractivity contribution in [1.82, 2.24) is 4.31 Å². The first-order valence-electron chi connectivity index (χ1n) is 8.28. The highest BCUT2D eigenvalue weighted by atomic mass is 32.2. The molecule has 0 radical (unpaired) electrons. The molecule has 6 heteroatoms. The molecule has 2 fully saturated rings. The third-order valence-corrected chi connectivity index (χ3v) is 7.28. The first-order chi connectivity index (χ1) is 10.9. The summed E-state index contributed by atoms with van der Waals surface area (Å²) in [5, 5.41) is 9.32. The van der Waals surface area contributed by atoms with Gasteiger partial charge in [0.15, 0.2) is 0 Å². The van der Waals surface area contributed by atoms with E-state index in [0.29, 0.717) is 17.7 Å². The molecule has 23 heavy (non-hydrogen) atoms. The largest absolute Gasteiger partial charge is 0.481 e. The zero-order valence-electron chi connectivity index (χ0n) is 13.5. The average Bonchev–Trinajstić information content (AvgIpc) is 3.12. The minimum absolute atomic E-state index is 0.165. The molecule has 2 heterocycles. The molecule has 0 amide bonds. The third kappa shape index (κ3) is 2.58. The number of sulfonamides is 1. The molecule has 0 saturated carbocycles. The van der Waals surface area contributed by atoms with E-state index in [4.69, 9.17) is 0 Å². The van der Waals surface area contributed by atoms with E-state index in [1.807, 2.05) is 13.0 Å². The normalized spacial score (nSPS) is 27.5. The predicted octanol–water partition coefficient (Wildman–Crippen LogP) is 2.44. The number of hydrogen-bond donors (Lipinski definition) is 1. The smallest absolute Gasteiger partial charge is 0.308 e. The highest BCUT2D eigenvalue weighted by molar-refractivity contribution is 7.89. The summed E-state index contributed by atoms with van der Waals surface area (Å²) >= 11 is 0. The summed E-state index contributed by atoms with van der Waals surface area (Å²) < 4.78 is 27.6. The Morgan fingerprint density at radius 1 is 1.22 bits per heavy atom. The zero-order valence-corrected chi connectivity index (χ0v) is 14.3. The van der Waals surface area contributed by atoms with Gasteiger partial charge < -0.3 is 5.11 Å². The number of aryl methyl sites for hydroxylation is 2. The number of fused-ring (bicyclic) bond motifs is 2. The molecule has 2 saturated heterocycles. The second-order valence-electron chi connectivity index (χ2n) is 6.45. The molecule has 3 rings (SSSR count). The van der Waals surface area contributed by atoms with Crippen molar-refractivity contribution in [3.8, 4) is 0 Å². The van der Waals surface area contributed by atoms with Gasteiger partial charge in [0.2, 0.25) is 10.0 Å². The standard InChI is InChI=1S/C17H23NO4S/c1-3-11-5-7-14(9-12(11)4-2)23(21,22)18-13-6-8-16(18)15(10-13)17(19)20/h5,7,9,13,15-16H,3-4,6,8,10H2,1-2H3,(H,19,20). The van der Waals surface area contributed by atoms with Crippen molar-refractivity contribution in [2.45, 2.75) is 62.9 Å². The molecule has 0 spiro atoms. The van der Waals surface area contributed by atoms with Crippen LogP contribution >= 0.6 is 0 Å². The van der Waals surface area contributed by atoms with Crippen LogP contribution in [0.5, 0.6) is 0 Å². The van der Waals surface area contributed by atoms with E-state index in [1.165, 1.54) is 9.87 Å². The Kier molecular flexibility index (Phi) is 4.23. The molecule has 1 N–H and O–H groups in total. The first kappa shape index (κ1) is 16.5. The van der Waals surface area contributed by atoms with Gasteiger partial charge in [-0.3, -0.25) is 4.79 Å². The van der Waals surface area contributed by atoms with Gasteiger partial charge in [-0.05, 0) is 55.4 Å². The molecule has 3 atom stereocenters. The Morgan fingerprint density at radius 3 is 2.48 bits per heavy atom. The summed E-state index contributed by atoms with van der Waals surface area (Å²) in [6.07, 6.45) is 3.51. The molecular weight excluding hydrogens is 314 g/mol. The van der Waals surface area contributed by atoms with E-state index in [2.05, 4.69) is 6.92 Å². The lowest BCUT2D eigenvalue weighted by Gasteiger charge is -2.23. The summed E-state index contributed by atoms with van der Waals surface area (Å²) in [5.74, 6) is -1.45. The molecule has 1 aromatic rings. The van der Waals surface area contributed by atoms with Crippen molar-refractivity contribution in [2.75, 3.05) is 0 Å². The van der Waals surface area contributed by atoms with Crippen LogP contribution in [0.15, 0.2) is 23.1 Å². The maximum atomic E-state index is 13.1. The van der Waals surface area contributed by atoms with E-state index in [0.717, 1.165) is 24.8 Å². The second-order valence-corrected chi connectivity index (χ2v) is 8.29. The summed E-state index contributed by atoms with van der Waals surface area (Å²) in [6, 6.07) is 4.77. The fraction of sp³-hybridized carbons (Fsp3) is 0.588. The van der Waals surface area contributed by atoms with E-state index >= 15 is 0 Å². The molecule has 3 unspecified atom stereocenters. The van der Waals surface area contributed by atoms with Gasteiger partial charge in [0.1, 0.15) is 0 Å². The molecule has 0 aliphatic carbocycles. The fourth-order valence-corrected chi connectivity index (χ4v) is 6.10. The lowest BCUT2D eigenvalue weighted by molar-refractivity contribution is -0.142. The summed E-state index contributed by atoms with van der Waals surface area (Å²) in [6.45, 7) is 4.08. The molecule has 1 aromatic carbocycles. The maximum absolute atomic E-state index is 13.1. The number of carboxylic acid groups (broad SMARTS) is 1. The minimum atomic E-state index is -3.63. The van der Waals surface area contributed by atoms with Crippen LogP contribution in [0.4, 0.5) is 0 Å². The van der Waals surface area contributed by atoms with Crippen LogP contribution in [0.3, 0.4) is 0 Å². The van der Waals surface area contributed by atoms with Crippen LogP contribution in [0.2, 0.25) is 0 Å². The summed E-state index contributed by atoms with van der Waals surface area (Å²) in [7, 11) is -3.63. The maximum Gasteiger partial charge on any atom is 0.308 e. The highest BCUT2D eigenvalue weighted by Crippen LogP contribution is 2.45. The number of rotatable bonds is 5. The van der Waals surface area contributed by atoms with Gasteiger partial charge in [-0.15, -0.1) is 0 Å². The number of benzene rings is 1. The van der Waals surface area contributed by atoms with E-state index in [9.17, 15) is 18.3 Å². The molecule has 126 valence electrons.